The second kappa shape index (κ2) is 6.71. The molecular formula is C18H16N2O2S. The third-order valence-electron chi connectivity index (χ3n) is 3.41. The van der Waals surface area contributed by atoms with E-state index >= 15 is 0 Å². The summed E-state index contributed by atoms with van der Waals surface area (Å²) in [5.41, 5.74) is 3.57. The topological polar surface area (TPSA) is 52.1 Å². The van der Waals surface area contributed by atoms with E-state index in [1.165, 1.54) is 11.3 Å². The SMILES string of the molecule is Cc1cccc(C)c1OC(=O)Cc1csc(-c2cccnc2)n1. The van der Waals surface area contributed by atoms with E-state index < -0.39 is 0 Å². The molecule has 1 aromatic carbocycles. The van der Waals surface area contributed by atoms with Gasteiger partial charge in [0.1, 0.15) is 10.8 Å². The Kier molecular flexibility index (Phi) is 4.48. The molecule has 0 saturated carbocycles. The van der Waals surface area contributed by atoms with Crippen molar-refractivity contribution < 1.29 is 9.53 Å². The molecule has 0 amide bonds. The molecule has 0 unspecified atom stereocenters. The van der Waals surface area contributed by atoms with Crippen LogP contribution in [0, 0.1) is 13.8 Å². The molecule has 0 spiro atoms. The molecule has 0 radical (unpaired) electrons. The Morgan fingerprint density at radius 2 is 1.96 bits per heavy atom. The maximum atomic E-state index is 12.2. The molecule has 3 rings (SSSR count). The van der Waals surface area contributed by atoms with Gasteiger partial charge in [-0.05, 0) is 37.1 Å². The van der Waals surface area contributed by atoms with E-state index in [0.717, 1.165) is 21.7 Å². The third-order valence-corrected chi connectivity index (χ3v) is 4.35. The fourth-order valence-corrected chi connectivity index (χ4v) is 3.08. The lowest BCUT2D eigenvalue weighted by Gasteiger charge is -2.09. The number of aryl methyl sites for hydroxylation is 2. The Balaban J connectivity index is 1.70. The Morgan fingerprint density at radius 1 is 1.17 bits per heavy atom. The van der Waals surface area contributed by atoms with Crippen molar-refractivity contribution in [2.75, 3.05) is 0 Å². The molecule has 2 aromatic heterocycles. The number of hydrogen-bond donors (Lipinski definition) is 0. The number of aromatic nitrogens is 2. The summed E-state index contributed by atoms with van der Waals surface area (Å²) in [7, 11) is 0. The Bertz CT molecular complexity index is 808. The maximum Gasteiger partial charge on any atom is 0.317 e. The predicted molar refractivity (Wildman–Crippen MR) is 90.6 cm³/mol. The van der Waals surface area contributed by atoms with E-state index in [-0.39, 0.29) is 12.4 Å². The molecule has 4 nitrogen and oxygen atoms in total. The number of carbonyl (C=O) groups excluding carboxylic acids is 1. The zero-order chi connectivity index (χ0) is 16.2. The van der Waals surface area contributed by atoms with Crippen molar-refractivity contribution in [1.29, 1.82) is 0 Å². The van der Waals surface area contributed by atoms with E-state index in [1.54, 1.807) is 12.4 Å². The van der Waals surface area contributed by atoms with Gasteiger partial charge in [0.2, 0.25) is 0 Å². The van der Waals surface area contributed by atoms with Gasteiger partial charge in [0.05, 0.1) is 12.1 Å². The average Bonchev–Trinajstić information content (AvgIpc) is 3.00. The lowest BCUT2D eigenvalue weighted by molar-refractivity contribution is -0.133. The zero-order valence-corrected chi connectivity index (χ0v) is 13.8. The van der Waals surface area contributed by atoms with Crippen LogP contribution in [0.15, 0.2) is 48.1 Å². The summed E-state index contributed by atoms with van der Waals surface area (Å²) in [6.45, 7) is 3.86. The van der Waals surface area contributed by atoms with Gasteiger partial charge in [-0.2, -0.15) is 0 Å². The van der Waals surface area contributed by atoms with Crippen molar-refractivity contribution in [1.82, 2.24) is 9.97 Å². The van der Waals surface area contributed by atoms with Crippen LogP contribution < -0.4 is 4.74 Å². The number of nitrogens with zero attached hydrogens (tertiary/aromatic N) is 2. The van der Waals surface area contributed by atoms with E-state index in [9.17, 15) is 4.79 Å². The number of esters is 1. The van der Waals surface area contributed by atoms with Crippen LogP contribution in [0.3, 0.4) is 0 Å². The molecule has 0 fully saturated rings. The summed E-state index contributed by atoms with van der Waals surface area (Å²) in [6.07, 6.45) is 3.64. The number of hydrogen-bond acceptors (Lipinski definition) is 5. The first-order chi connectivity index (χ1) is 11.1. The maximum absolute atomic E-state index is 12.2. The first kappa shape index (κ1) is 15.4. The Hall–Kier alpha value is -2.53. The van der Waals surface area contributed by atoms with Gasteiger partial charge in [-0.15, -0.1) is 11.3 Å². The van der Waals surface area contributed by atoms with Crippen molar-refractivity contribution in [2.45, 2.75) is 20.3 Å². The van der Waals surface area contributed by atoms with E-state index in [1.807, 2.05) is 49.6 Å². The minimum absolute atomic E-state index is 0.157. The highest BCUT2D eigenvalue weighted by atomic mass is 32.1. The van der Waals surface area contributed by atoms with Crippen molar-refractivity contribution in [2.24, 2.45) is 0 Å². The van der Waals surface area contributed by atoms with Gasteiger partial charge in [0.25, 0.3) is 0 Å². The number of ether oxygens (including phenoxy) is 1. The smallest absolute Gasteiger partial charge is 0.317 e. The van der Waals surface area contributed by atoms with Crippen LogP contribution >= 0.6 is 11.3 Å². The molecule has 3 aromatic rings. The standard InChI is InChI=1S/C18H16N2O2S/c1-12-5-3-6-13(2)17(12)22-16(21)9-15-11-23-18(20-15)14-7-4-8-19-10-14/h3-8,10-11H,9H2,1-2H3. The highest BCUT2D eigenvalue weighted by Crippen LogP contribution is 2.25. The lowest BCUT2D eigenvalue weighted by Crippen LogP contribution is -2.13. The molecule has 0 aliphatic rings. The predicted octanol–water partition coefficient (Wildman–Crippen LogP) is 3.97. The Labute approximate surface area is 138 Å². The lowest BCUT2D eigenvalue weighted by atomic mass is 10.1. The van der Waals surface area contributed by atoms with Gasteiger partial charge in [-0.1, -0.05) is 18.2 Å². The quantitative estimate of drug-likeness (QED) is 0.538. The van der Waals surface area contributed by atoms with Gasteiger partial charge < -0.3 is 4.74 Å². The van der Waals surface area contributed by atoms with Crippen LogP contribution in [0.25, 0.3) is 10.6 Å². The van der Waals surface area contributed by atoms with E-state index in [4.69, 9.17) is 4.74 Å². The molecule has 0 bridgehead atoms. The van der Waals surface area contributed by atoms with Crippen LogP contribution in [0.2, 0.25) is 0 Å². The molecule has 116 valence electrons. The summed E-state index contributed by atoms with van der Waals surface area (Å²) in [6, 6.07) is 9.62. The number of benzene rings is 1. The molecular weight excluding hydrogens is 308 g/mol. The van der Waals surface area contributed by atoms with Crippen molar-refractivity contribution in [3.63, 3.8) is 0 Å². The van der Waals surface area contributed by atoms with Crippen molar-refractivity contribution in [3.05, 3.63) is 64.9 Å². The molecule has 2 heterocycles. The van der Waals surface area contributed by atoms with Gasteiger partial charge in [-0.25, -0.2) is 4.98 Å². The van der Waals surface area contributed by atoms with Crippen molar-refractivity contribution >= 4 is 17.3 Å². The molecule has 0 saturated heterocycles. The summed E-state index contributed by atoms with van der Waals surface area (Å²) < 4.78 is 5.51. The number of pyridine rings is 1. The molecule has 0 aliphatic carbocycles. The first-order valence-electron chi connectivity index (χ1n) is 7.25. The fraction of sp³-hybridized carbons (Fsp3) is 0.167. The third kappa shape index (κ3) is 3.63. The fourth-order valence-electron chi connectivity index (χ4n) is 2.27. The van der Waals surface area contributed by atoms with Crippen LogP contribution in [0.5, 0.6) is 5.75 Å². The number of para-hydroxylation sites is 1. The van der Waals surface area contributed by atoms with E-state index in [0.29, 0.717) is 11.4 Å². The van der Waals surface area contributed by atoms with Crippen LogP contribution in [-0.4, -0.2) is 15.9 Å². The summed E-state index contributed by atoms with van der Waals surface area (Å²) in [5.74, 6) is 0.339. The van der Waals surface area contributed by atoms with E-state index in [2.05, 4.69) is 9.97 Å². The molecule has 0 aliphatic heterocycles. The molecule has 5 heteroatoms. The second-order valence-corrected chi connectivity index (χ2v) is 6.12. The number of thiazole rings is 1. The number of rotatable bonds is 4. The normalized spacial score (nSPS) is 10.5. The summed E-state index contributed by atoms with van der Waals surface area (Å²) in [4.78, 5) is 20.7. The number of carbonyl (C=O) groups is 1. The van der Waals surface area contributed by atoms with Gasteiger partial charge in [0, 0.05) is 23.3 Å². The highest BCUT2D eigenvalue weighted by molar-refractivity contribution is 7.13. The van der Waals surface area contributed by atoms with Crippen LogP contribution in [0.1, 0.15) is 16.8 Å². The largest absolute Gasteiger partial charge is 0.426 e. The molecule has 0 N–H and O–H groups in total. The minimum atomic E-state index is -0.301. The average molecular weight is 324 g/mol. The zero-order valence-electron chi connectivity index (χ0n) is 12.9. The minimum Gasteiger partial charge on any atom is -0.426 e. The summed E-state index contributed by atoms with van der Waals surface area (Å²) >= 11 is 1.50. The summed E-state index contributed by atoms with van der Waals surface area (Å²) in [5, 5.41) is 2.74. The van der Waals surface area contributed by atoms with Gasteiger partial charge in [0.15, 0.2) is 0 Å². The van der Waals surface area contributed by atoms with Gasteiger partial charge in [-0.3, -0.25) is 9.78 Å². The van der Waals surface area contributed by atoms with Gasteiger partial charge >= 0.3 is 5.97 Å². The van der Waals surface area contributed by atoms with Crippen molar-refractivity contribution in [3.8, 4) is 16.3 Å². The molecule has 0 atom stereocenters. The Morgan fingerprint density at radius 3 is 2.65 bits per heavy atom. The molecule has 23 heavy (non-hydrogen) atoms. The monoisotopic (exact) mass is 324 g/mol. The second-order valence-electron chi connectivity index (χ2n) is 5.26. The van der Waals surface area contributed by atoms with Crippen LogP contribution in [-0.2, 0) is 11.2 Å². The van der Waals surface area contributed by atoms with Crippen LogP contribution in [0.4, 0.5) is 0 Å². The highest BCUT2D eigenvalue weighted by Gasteiger charge is 2.13. The first-order valence-corrected chi connectivity index (χ1v) is 8.13.